The van der Waals surface area contributed by atoms with Crippen molar-refractivity contribution in [2.24, 2.45) is 11.8 Å². The highest BCUT2D eigenvalue weighted by molar-refractivity contribution is 5.92. The molecule has 4 rings (SSSR count). The van der Waals surface area contributed by atoms with Crippen molar-refractivity contribution < 1.29 is 14.0 Å². The summed E-state index contributed by atoms with van der Waals surface area (Å²) in [5, 5.41) is 0. The van der Waals surface area contributed by atoms with E-state index in [4.69, 9.17) is 4.42 Å². The first-order valence-corrected chi connectivity index (χ1v) is 8.23. The molecule has 0 spiro atoms. The van der Waals surface area contributed by atoms with Gasteiger partial charge in [-0.1, -0.05) is 6.07 Å². The number of aromatic nitrogens is 1. The maximum atomic E-state index is 12.8. The fourth-order valence-corrected chi connectivity index (χ4v) is 3.70. The highest BCUT2D eigenvalue weighted by Crippen LogP contribution is 2.33. The van der Waals surface area contributed by atoms with Gasteiger partial charge in [-0.25, -0.2) is 0 Å². The molecule has 0 aliphatic carbocycles. The predicted octanol–water partition coefficient (Wildman–Crippen LogP) is 1.80. The molecule has 2 atom stereocenters. The standard InChI is InChI=1S/C18H19N3O3/c22-17-15-12-21(18(23)16-4-2-8-24-16)11-14(15)5-7-20(17)10-13-3-1-6-19-9-13/h1-4,6,8-9,14-15H,5,7,10-12H2/t14-,15-/m1/s1. The van der Waals surface area contributed by atoms with Crippen LogP contribution >= 0.6 is 0 Å². The second-order valence-corrected chi connectivity index (χ2v) is 6.46. The van der Waals surface area contributed by atoms with Crippen LogP contribution in [0.1, 0.15) is 22.5 Å². The van der Waals surface area contributed by atoms with Crippen LogP contribution in [0.2, 0.25) is 0 Å². The fourth-order valence-electron chi connectivity index (χ4n) is 3.70. The van der Waals surface area contributed by atoms with Crippen molar-refractivity contribution in [3.05, 3.63) is 54.2 Å². The number of pyridine rings is 1. The maximum absolute atomic E-state index is 12.8. The third-order valence-electron chi connectivity index (χ3n) is 4.96. The lowest BCUT2D eigenvalue weighted by atomic mass is 9.88. The van der Waals surface area contributed by atoms with E-state index >= 15 is 0 Å². The van der Waals surface area contributed by atoms with Gasteiger partial charge >= 0.3 is 0 Å². The topological polar surface area (TPSA) is 66.7 Å². The van der Waals surface area contributed by atoms with E-state index in [9.17, 15) is 9.59 Å². The van der Waals surface area contributed by atoms with Gasteiger partial charge in [0.05, 0.1) is 12.2 Å². The third kappa shape index (κ3) is 2.68. The number of hydrogen-bond acceptors (Lipinski definition) is 4. The molecule has 2 amide bonds. The summed E-state index contributed by atoms with van der Waals surface area (Å²) in [5.41, 5.74) is 1.03. The van der Waals surface area contributed by atoms with Crippen molar-refractivity contribution in [2.45, 2.75) is 13.0 Å². The number of amides is 2. The molecule has 4 heterocycles. The quantitative estimate of drug-likeness (QED) is 0.863. The Hall–Kier alpha value is -2.63. The SMILES string of the molecule is O=C(c1ccco1)N1C[C@H]2CCN(Cc3cccnc3)C(=O)[C@@H]2C1. The van der Waals surface area contributed by atoms with E-state index in [0.29, 0.717) is 25.4 Å². The molecule has 0 saturated carbocycles. The summed E-state index contributed by atoms with van der Waals surface area (Å²) in [5.74, 6) is 0.509. The van der Waals surface area contributed by atoms with Crippen molar-refractivity contribution >= 4 is 11.8 Å². The van der Waals surface area contributed by atoms with Gasteiger partial charge in [0.15, 0.2) is 5.76 Å². The highest BCUT2D eigenvalue weighted by atomic mass is 16.3. The molecule has 2 saturated heterocycles. The Kier molecular flexibility index (Phi) is 3.80. The molecule has 2 aromatic rings. The second-order valence-electron chi connectivity index (χ2n) is 6.46. The van der Waals surface area contributed by atoms with E-state index in [0.717, 1.165) is 18.5 Å². The summed E-state index contributed by atoms with van der Waals surface area (Å²) < 4.78 is 5.19. The van der Waals surface area contributed by atoms with E-state index in [1.54, 1.807) is 29.4 Å². The number of rotatable bonds is 3. The molecule has 2 fully saturated rings. The van der Waals surface area contributed by atoms with Crippen LogP contribution in [0.15, 0.2) is 47.3 Å². The van der Waals surface area contributed by atoms with Crippen LogP contribution in [0.25, 0.3) is 0 Å². The number of fused-ring (bicyclic) bond motifs is 1. The van der Waals surface area contributed by atoms with Gasteiger partial charge in [0.1, 0.15) is 0 Å². The van der Waals surface area contributed by atoms with Crippen LogP contribution < -0.4 is 0 Å². The Morgan fingerprint density at radius 3 is 2.96 bits per heavy atom. The number of furan rings is 1. The minimum absolute atomic E-state index is 0.102. The van der Waals surface area contributed by atoms with Gasteiger partial charge < -0.3 is 14.2 Å². The average molecular weight is 325 g/mol. The third-order valence-corrected chi connectivity index (χ3v) is 4.96. The number of nitrogens with zero attached hydrogens (tertiary/aromatic N) is 3. The van der Waals surface area contributed by atoms with Crippen molar-refractivity contribution in [2.75, 3.05) is 19.6 Å². The van der Waals surface area contributed by atoms with E-state index in [1.165, 1.54) is 6.26 Å². The van der Waals surface area contributed by atoms with Crippen LogP contribution in [-0.4, -0.2) is 46.2 Å². The van der Waals surface area contributed by atoms with Gasteiger partial charge in [-0.3, -0.25) is 14.6 Å². The molecule has 6 heteroatoms. The predicted molar refractivity (Wildman–Crippen MR) is 85.9 cm³/mol. The van der Waals surface area contributed by atoms with Gasteiger partial charge in [-0.15, -0.1) is 0 Å². The highest BCUT2D eigenvalue weighted by Gasteiger charge is 2.44. The van der Waals surface area contributed by atoms with E-state index < -0.39 is 0 Å². The monoisotopic (exact) mass is 325 g/mol. The van der Waals surface area contributed by atoms with Gasteiger partial charge in [0, 0.05) is 38.6 Å². The number of hydrogen-bond donors (Lipinski definition) is 0. The van der Waals surface area contributed by atoms with Gasteiger partial charge in [0.25, 0.3) is 5.91 Å². The molecule has 2 aromatic heterocycles. The van der Waals surface area contributed by atoms with Gasteiger partial charge in [-0.2, -0.15) is 0 Å². The number of likely N-dealkylation sites (tertiary alicyclic amines) is 2. The first-order chi connectivity index (χ1) is 11.7. The van der Waals surface area contributed by atoms with Crippen LogP contribution in [0.3, 0.4) is 0 Å². The lowest BCUT2D eigenvalue weighted by Crippen LogP contribution is -2.44. The van der Waals surface area contributed by atoms with Gasteiger partial charge in [0.2, 0.25) is 5.91 Å². The van der Waals surface area contributed by atoms with Crippen LogP contribution in [-0.2, 0) is 11.3 Å². The Morgan fingerprint density at radius 1 is 1.29 bits per heavy atom. The van der Waals surface area contributed by atoms with Crippen LogP contribution in [0, 0.1) is 11.8 Å². The molecular formula is C18H19N3O3. The Morgan fingerprint density at radius 2 is 2.21 bits per heavy atom. The number of carbonyl (C=O) groups is 2. The summed E-state index contributed by atoms with van der Waals surface area (Å²) in [6, 6.07) is 7.23. The first kappa shape index (κ1) is 14.9. The maximum Gasteiger partial charge on any atom is 0.289 e. The lowest BCUT2D eigenvalue weighted by molar-refractivity contribution is -0.140. The molecule has 2 aliphatic rings. The second kappa shape index (κ2) is 6.11. The molecule has 6 nitrogen and oxygen atoms in total. The van der Waals surface area contributed by atoms with E-state index in [2.05, 4.69) is 4.98 Å². The molecule has 24 heavy (non-hydrogen) atoms. The molecule has 0 aromatic carbocycles. The molecular weight excluding hydrogens is 306 g/mol. The first-order valence-electron chi connectivity index (χ1n) is 8.23. The summed E-state index contributed by atoms with van der Waals surface area (Å²) in [6.07, 6.45) is 5.95. The zero-order valence-electron chi connectivity index (χ0n) is 13.3. The van der Waals surface area contributed by atoms with E-state index in [-0.39, 0.29) is 23.7 Å². The number of carbonyl (C=O) groups excluding carboxylic acids is 2. The zero-order chi connectivity index (χ0) is 16.5. The normalized spacial score (nSPS) is 23.4. The zero-order valence-corrected chi connectivity index (χ0v) is 13.3. The minimum Gasteiger partial charge on any atom is -0.459 e. The molecule has 0 unspecified atom stereocenters. The summed E-state index contributed by atoms with van der Waals surface area (Å²) in [6.45, 7) is 2.43. The summed E-state index contributed by atoms with van der Waals surface area (Å²) in [4.78, 5) is 33.0. The molecule has 0 N–H and O–H groups in total. The Labute approximate surface area is 140 Å². The molecule has 0 bridgehead atoms. The summed E-state index contributed by atoms with van der Waals surface area (Å²) >= 11 is 0. The summed E-state index contributed by atoms with van der Waals surface area (Å²) in [7, 11) is 0. The fraction of sp³-hybridized carbons (Fsp3) is 0.389. The van der Waals surface area contributed by atoms with Crippen molar-refractivity contribution in [3.8, 4) is 0 Å². The lowest BCUT2D eigenvalue weighted by Gasteiger charge is -2.33. The van der Waals surface area contributed by atoms with Gasteiger partial charge in [-0.05, 0) is 36.1 Å². The smallest absolute Gasteiger partial charge is 0.289 e. The van der Waals surface area contributed by atoms with E-state index in [1.807, 2.05) is 17.0 Å². The van der Waals surface area contributed by atoms with Crippen molar-refractivity contribution in [1.29, 1.82) is 0 Å². The molecule has 2 aliphatic heterocycles. The van der Waals surface area contributed by atoms with Crippen molar-refractivity contribution in [1.82, 2.24) is 14.8 Å². The van der Waals surface area contributed by atoms with Crippen molar-refractivity contribution in [3.63, 3.8) is 0 Å². The van der Waals surface area contributed by atoms with Crippen LogP contribution in [0.5, 0.6) is 0 Å². The Balaban J connectivity index is 1.44. The minimum atomic E-state index is -0.124. The number of piperidine rings is 1. The molecule has 124 valence electrons. The largest absolute Gasteiger partial charge is 0.459 e. The Bertz CT molecular complexity index is 729. The average Bonchev–Trinajstić information content (AvgIpc) is 3.27. The molecule has 0 radical (unpaired) electrons. The van der Waals surface area contributed by atoms with Crippen LogP contribution in [0.4, 0.5) is 0 Å².